The average Bonchev–Trinajstić information content (AvgIpc) is 2.82. The quantitative estimate of drug-likeness (QED) is 0.572. The summed E-state index contributed by atoms with van der Waals surface area (Å²) in [6, 6.07) is 1.35. The maximum Gasteiger partial charge on any atom is 0.254 e. The molecular formula is C13H19FN4O. The lowest BCUT2D eigenvalue weighted by atomic mass is 9.98. The van der Waals surface area contributed by atoms with Gasteiger partial charge in [0.05, 0.1) is 5.56 Å². The first-order chi connectivity index (χ1) is 9.13. The van der Waals surface area contributed by atoms with Crippen LogP contribution in [0.15, 0.2) is 12.3 Å². The summed E-state index contributed by atoms with van der Waals surface area (Å²) in [5, 5.41) is 2.79. The molecule has 2 atom stereocenters. The van der Waals surface area contributed by atoms with E-state index in [4.69, 9.17) is 5.84 Å². The predicted molar refractivity (Wildman–Crippen MR) is 70.8 cm³/mol. The molecule has 4 N–H and O–H groups in total. The molecule has 1 fully saturated rings. The van der Waals surface area contributed by atoms with Gasteiger partial charge >= 0.3 is 0 Å². The third-order valence-electron chi connectivity index (χ3n) is 3.83. The molecule has 0 spiro atoms. The van der Waals surface area contributed by atoms with Crippen LogP contribution in [0.5, 0.6) is 0 Å². The molecule has 6 heteroatoms. The molecule has 1 aliphatic rings. The number of carbonyl (C=O) groups excluding carboxylic acids is 1. The van der Waals surface area contributed by atoms with Crippen molar-refractivity contribution in [3.05, 3.63) is 23.6 Å². The number of hydrazine groups is 1. The van der Waals surface area contributed by atoms with Gasteiger partial charge in [0.2, 0.25) is 0 Å². The van der Waals surface area contributed by atoms with Gasteiger partial charge < -0.3 is 10.7 Å². The highest BCUT2D eigenvalue weighted by Gasteiger charge is 2.24. The summed E-state index contributed by atoms with van der Waals surface area (Å²) in [5.41, 5.74) is 2.09. The third-order valence-corrected chi connectivity index (χ3v) is 3.83. The van der Waals surface area contributed by atoms with E-state index in [0.717, 1.165) is 6.42 Å². The van der Waals surface area contributed by atoms with Gasteiger partial charge in [-0.1, -0.05) is 19.8 Å². The number of rotatable bonds is 4. The van der Waals surface area contributed by atoms with Gasteiger partial charge in [-0.15, -0.1) is 0 Å². The lowest BCUT2D eigenvalue weighted by molar-refractivity contribution is 0.0940. The highest BCUT2D eigenvalue weighted by Crippen LogP contribution is 2.30. The van der Waals surface area contributed by atoms with Crippen molar-refractivity contribution in [2.45, 2.75) is 26.2 Å². The molecule has 5 nitrogen and oxygen atoms in total. The minimum atomic E-state index is -0.720. The zero-order chi connectivity index (χ0) is 13.8. The van der Waals surface area contributed by atoms with Gasteiger partial charge in [0.1, 0.15) is 0 Å². The summed E-state index contributed by atoms with van der Waals surface area (Å²) < 4.78 is 13.8. The fourth-order valence-electron chi connectivity index (χ4n) is 2.56. The van der Waals surface area contributed by atoms with Gasteiger partial charge in [-0.25, -0.2) is 15.2 Å². The fourth-order valence-corrected chi connectivity index (χ4v) is 2.56. The molecule has 2 unspecified atom stereocenters. The zero-order valence-electron chi connectivity index (χ0n) is 10.9. The summed E-state index contributed by atoms with van der Waals surface area (Å²) >= 11 is 0. The lowest BCUT2D eigenvalue weighted by Gasteiger charge is -2.16. The van der Waals surface area contributed by atoms with Crippen LogP contribution in [-0.2, 0) is 0 Å². The van der Waals surface area contributed by atoms with Crippen molar-refractivity contribution in [3.8, 4) is 0 Å². The van der Waals surface area contributed by atoms with Crippen molar-refractivity contribution in [2.24, 2.45) is 17.7 Å². The molecule has 19 heavy (non-hydrogen) atoms. The molecule has 1 heterocycles. The summed E-state index contributed by atoms with van der Waals surface area (Å²) in [4.78, 5) is 15.6. The van der Waals surface area contributed by atoms with E-state index in [1.807, 2.05) is 0 Å². The molecule has 0 aromatic carbocycles. The van der Waals surface area contributed by atoms with Crippen molar-refractivity contribution in [2.75, 3.05) is 12.0 Å². The van der Waals surface area contributed by atoms with E-state index in [1.54, 1.807) is 0 Å². The smallest absolute Gasteiger partial charge is 0.254 e. The van der Waals surface area contributed by atoms with E-state index in [1.165, 1.54) is 25.1 Å². The number of hydrogen-bond acceptors (Lipinski definition) is 4. The molecule has 0 aliphatic heterocycles. The Hall–Kier alpha value is -1.69. The monoisotopic (exact) mass is 266 g/mol. The highest BCUT2D eigenvalue weighted by molar-refractivity contribution is 5.95. The fraction of sp³-hybridized carbons (Fsp3) is 0.538. The number of hydrogen-bond donors (Lipinski definition) is 3. The number of nitrogens with zero attached hydrogens (tertiary/aromatic N) is 1. The Kier molecular flexibility index (Phi) is 4.31. The van der Waals surface area contributed by atoms with E-state index in [9.17, 15) is 9.18 Å². The molecule has 1 saturated carbocycles. The Morgan fingerprint density at radius 1 is 1.58 bits per heavy atom. The average molecular weight is 266 g/mol. The first kappa shape index (κ1) is 13.7. The van der Waals surface area contributed by atoms with Gasteiger partial charge in [0.15, 0.2) is 11.6 Å². The van der Waals surface area contributed by atoms with Crippen LogP contribution >= 0.6 is 0 Å². The van der Waals surface area contributed by atoms with Crippen LogP contribution in [0.2, 0.25) is 0 Å². The number of pyridine rings is 1. The van der Waals surface area contributed by atoms with E-state index < -0.39 is 11.7 Å². The number of anilines is 1. The molecule has 0 saturated heterocycles. The van der Waals surface area contributed by atoms with Crippen LogP contribution in [0.1, 0.15) is 36.5 Å². The number of nitrogens with one attached hydrogen (secondary N) is 2. The second-order valence-electron chi connectivity index (χ2n) is 5.04. The van der Waals surface area contributed by atoms with Gasteiger partial charge in [-0.2, -0.15) is 0 Å². The number of nitrogens with two attached hydrogens (primary N) is 1. The zero-order valence-corrected chi connectivity index (χ0v) is 10.9. The first-order valence-electron chi connectivity index (χ1n) is 6.52. The van der Waals surface area contributed by atoms with Crippen LogP contribution in [0.4, 0.5) is 10.2 Å². The van der Waals surface area contributed by atoms with Gasteiger partial charge in [0.25, 0.3) is 5.91 Å². The largest absolute Gasteiger partial charge is 0.352 e. The Morgan fingerprint density at radius 2 is 2.37 bits per heavy atom. The predicted octanol–water partition coefficient (Wildman–Crippen LogP) is 1.67. The van der Waals surface area contributed by atoms with Crippen LogP contribution < -0.4 is 16.6 Å². The Morgan fingerprint density at radius 3 is 3.00 bits per heavy atom. The lowest BCUT2D eigenvalue weighted by Crippen LogP contribution is -2.31. The topological polar surface area (TPSA) is 80.0 Å². The van der Waals surface area contributed by atoms with Crippen LogP contribution in [0.25, 0.3) is 0 Å². The molecule has 1 amide bonds. The van der Waals surface area contributed by atoms with Crippen molar-refractivity contribution < 1.29 is 9.18 Å². The molecule has 0 bridgehead atoms. The van der Waals surface area contributed by atoms with Crippen molar-refractivity contribution >= 4 is 11.7 Å². The summed E-state index contributed by atoms with van der Waals surface area (Å²) in [6.07, 6.45) is 4.87. The number of aromatic nitrogens is 1. The molecular weight excluding hydrogens is 247 g/mol. The highest BCUT2D eigenvalue weighted by atomic mass is 19.1. The van der Waals surface area contributed by atoms with Gasteiger partial charge in [-0.3, -0.25) is 4.79 Å². The van der Waals surface area contributed by atoms with Crippen LogP contribution in [-0.4, -0.2) is 17.4 Å². The standard InChI is InChI=1S/C13H19FN4O/c1-8-3-2-4-9(8)7-17-13(19)10-5-6-16-12(18-15)11(10)14/h5-6,8-9H,2-4,7,15H2,1H3,(H,16,18)(H,17,19). The van der Waals surface area contributed by atoms with E-state index in [0.29, 0.717) is 18.4 Å². The van der Waals surface area contributed by atoms with E-state index in [2.05, 4.69) is 22.7 Å². The van der Waals surface area contributed by atoms with E-state index >= 15 is 0 Å². The Labute approximate surface area is 111 Å². The summed E-state index contributed by atoms with van der Waals surface area (Å²) in [5.74, 6) is 4.96. The number of nitrogen functional groups attached to an aromatic ring is 1. The maximum atomic E-state index is 13.8. The minimum Gasteiger partial charge on any atom is -0.352 e. The number of carbonyl (C=O) groups is 1. The first-order valence-corrected chi connectivity index (χ1v) is 6.52. The molecule has 0 radical (unpaired) electrons. The Bertz CT molecular complexity index is 466. The third kappa shape index (κ3) is 3.01. The summed E-state index contributed by atoms with van der Waals surface area (Å²) in [6.45, 7) is 2.78. The van der Waals surface area contributed by atoms with Gasteiger partial charge in [-0.05, 0) is 24.3 Å². The normalized spacial score (nSPS) is 22.3. The maximum absolute atomic E-state index is 13.8. The number of halogens is 1. The van der Waals surface area contributed by atoms with E-state index in [-0.39, 0.29) is 11.4 Å². The molecule has 1 aromatic rings. The minimum absolute atomic E-state index is 0.0337. The number of amides is 1. The van der Waals surface area contributed by atoms with Gasteiger partial charge in [0, 0.05) is 12.7 Å². The second-order valence-corrected chi connectivity index (χ2v) is 5.04. The van der Waals surface area contributed by atoms with Crippen molar-refractivity contribution in [1.82, 2.24) is 10.3 Å². The van der Waals surface area contributed by atoms with Crippen LogP contribution in [0, 0.1) is 17.7 Å². The van der Waals surface area contributed by atoms with Crippen molar-refractivity contribution in [1.29, 1.82) is 0 Å². The molecule has 104 valence electrons. The van der Waals surface area contributed by atoms with Crippen LogP contribution in [0.3, 0.4) is 0 Å². The molecule has 1 aromatic heterocycles. The summed E-state index contributed by atoms with van der Waals surface area (Å²) in [7, 11) is 0. The second kappa shape index (κ2) is 5.97. The Balaban J connectivity index is 2.00. The molecule has 2 rings (SSSR count). The van der Waals surface area contributed by atoms with Crippen molar-refractivity contribution in [3.63, 3.8) is 0 Å². The SMILES string of the molecule is CC1CCCC1CNC(=O)c1ccnc(NN)c1F. The molecule has 1 aliphatic carbocycles.